The van der Waals surface area contributed by atoms with Crippen LogP contribution in [-0.2, 0) is 0 Å². The van der Waals surface area contributed by atoms with E-state index >= 15 is 0 Å². The molecule has 0 aromatic carbocycles. The lowest BCUT2D eigenvalue weighted by molar-refractivity contribution is 0.376. The Morgan fingerprint density at radius 1 is 1.50 bits per heavy atom. The molecule has 0 aliphatic heterocycles. The predicted molar refractivity (Wildman–Crippen MR) is 70.5 cm³/mol. The molecule has 86 valence electrons. The summed E-state index contributed by atoms with van der Waals surface area (Å²) in [4.78, 5) is 1.48. The van der Waals surface area contributed by atoms with Gasteiger partial charge in [-0.05, 0) is 30.2 Å². The third-order valence-electron chi connectivity index (χ3n) is 3.35. The SMILES string of the molecule is C#CCCNC(c1cccs1)C1CCCC1. The summed E-state index contributed by atoms with van der Waals surface area (Å²) in [6.45, 7) is 0.940. The van der Waals surface area contributed by atoms with E-state index in [-0.39, 0.29) is 0 Å². The molecule has 0 radical (unpaired) electrons. The second-order valence-corrected chi connectivity index (χ2v) is 5.43. The summed E-state index contributed by atoms with van der Waals surface area (Å²) in [5.74, 6) is 3.52. The Hall–Kier alpha value is -0.780. The molecule has 2 rings (SSSR count). The summed E-state index contributed by atoms with van der Waals surface area (Å²) >= 11 is 1.86. The van der Waals surface area contributed by atoms with Crippen LogP contribution in [0.15, 0.2) is 17.5 Å². The zero-order valence-corrected chi connectivity index (χ0v) is 10.4. The number of hydrogen-bond acceptors (Lipinski definition) is 2. The third-order valence-corrected chi connectivity index (χ3v) is 4.31. The quantitative estimate of drug-likeness (QED) is 0.605. The maximum atomic E-state index is 5.30. The maximum Gasteiger partial charge on any atom is 0.0443 e. The van der Waals surface area contributed by atoms with Gasteiger partial charge in [0.25, 0.3) is 0 Å². The molecule has 1 aromatic rings. The van der Waals surface area contributed by atoms with Gasteiger partial charge in [0.05, 0.1) is 0 Å². The van der Waals surface area contributed by atoms with Crippen LogP contribution in [0.1, 0.15) is 43.0 Å². The van der Waals surface area contributed by atoms with Gasteiger partial charge in [-0.25, -0.2) is 0 Å². The highest BCUT2D eigenvalue weighted by Gasteiger charge is 2.26. The lowest BCUT2D eigenvalue weighted by atomic mass is 9.96. The summed E-state index contributed by atoms with van der Waals surface area (Å²) in [5, 5.41) is 5.80. The first-order chi connectivity index (χ1) is 7.92. The van der Waals surface area contributed by atoms with Gasteiger partial charge in [-0.1, -0.05) is 18.9 Å². The Morgan fingerprint density at radius 2 is 2.31 bits per heavy atom. The molecule has 16 heavy (non-hydrogen) atoms. The number of nitrogens with one attached hydrogen (secondary N) is 1. The molecular weight excluding hydrogens is 214 g/mol. The minimum Gasteiger partial charge on any atom is -0.308 e. The smallest absolute Gasteiger partial charge is 0.0443 e. The standard InChI is InChI=1S/C14H19NS/c1-2-3-10-15-14(12-7-4-5-8-12)13-9-6-11-16-13/h1,6,9,11-12,14-15H,3-5,7-8,10H2. The Morgan fingerprint density at radius 3 is 2.94 bits per heavy atom. The van der Waals surface area contributed by atoms with Gasteiger partial charge < -0.3 is 5.32 Å². The van der Waals surface area contributed by atoms with Gasteiger partial charge in [0.1, 0.15) is 0 Å². The Kier molecular flexibility index (Phi) is 4.44. The van der Waals surface area contributed by atoms with Crippen molar-refractivity contribution in [3.63, 3.8) is 0 Å². The molecule has 1 aliphatic carbocycles. The fourth-order valence-electron chi connectivity index (χ4n) is 2.56. The summed E-state index contributed by atoms with van der Waals surface area (Å²) in [7, 11) is 0. The van der Waals surface area contributed by atoms with Crippen molar-refractivity contribution in [2.24, 2.45) is 5.92 Å². The van der Waals surface area contributed by atoms with E-state index in [1.54, 1.807) is 0 Å². The van der Waals surface area contributed by atoms with Gasteiger partial charge in [0.2, 0.25) is 0 Å². The lowest BCUT2D eigenvalue weighted by Gasteiger charge is -2.23. The van der Waals surface area contributed by atoms with Crippen LogP contribution in [0.3, 0.4) is 0 Å². The average molecular weight is 233 g/mol. The van der Waals surface area contributed by atoms with Gasteiger partial charge in [-0.15, -0.1) is 23.7 Å². The maximum absolute atomic E-state index is 5.30. The molecule has 0 spiro atoms. The Labute approximate surface area is 102 Å². The zero-order chi connectivity index (χ0) is 11.2. The van der Waals surface area contributed by atoms with Crippen molar-refractivity contribution in [2.75, 3.05) is 6.54 Å². The largest absolute Gasteiger partial charge is 0.308 e. The highest BCUT2D eigenvalue weighted by atomic mass is 32.1. The van der Waals surface area contributed by atoms with E-state index in [4.69, 9.17) is 6.42 Å². The van der Waals surface area contributed by atoms with E-state index in [0.717, 1.165) is 18.9 Å². The van der Waals surface area contributed by atoms with Crippen molar-refractivity contribution < 1.29 is 0 Å². The highest BCUT2D eigenvalue weighted by molar-refractivity contribution is 7.10. The molecule has 2 heteroatoms. The molecule has 0 amide bonds. The molecule has 0 saturated heterocycles. The minimum atomic E-state index is 0.538. The molecule has 1 heterocycles. The first kappa shape index (κ1) is 11.7. The Balaban J connectivity index is 1.98. The van der Waals surface area contributed by atoms with Crippen molar-refractivity contribution >= 4 is 11.3 Å². The van der Waals surface area contributed by atoms with Crippen LogP contribution in [0.25, 0.3) is 0 Å². The van der Waals surface area contributed by atoms with Crippen LogP contribution in [0.2, 0.25) is 0 Å². The molecule has 1 fully saturated rings. The third kappa shape index (κ3) is 2.87. The van der Waals surface area contributed by atoms with E-state index in [0.29, 0.717) is 6.04 Å². The second-order valence-electron chi connectivity index (χ2n) is 4.45. The molecule has 1 nitrogen and oxygen atoms in total. The monoisotopic (exact) mass is 233 g/mol. The first-order valence-electron chi connectivity index (χ1n) is 6.12. The molecule has 0 bridgehead atoms. The molecule has 1 aromatic heterocycles. The van der Waals surface area contributed by atoms with Gasteiger partial charge in [0.15, 0.2) is 0 Å². The molecule has 1 saturated carbocycles. The number of hydrogen-bond donors (Lipinski definition) is 1. The van der Waals surface area contributed by atoms with E-state index in [9.17, 15) is 0 Å². The van der Waals surface area contributed by atoms with Crippen LogP contribution in [0.5, 0.6) is 0 Å². The first-order valence-corrected chi connectivity index (χ1v) is 7.00. The zero-order valence-electron chi connectivity index (χ0n) is 9.61. The Bertz CT molecular complexity index is 330. The van der Waals surface area contributed by atoms with Gasteiger partial charge >= 0.3 is 0 Å². The fourth-order valence-corrected chi connectivity index (χ4v) is 3.45. The summed E-state index contributed by atoms with van der Waals surface area (Å²) in [6, 6.07) is 4.93. The van der Waals surface area contributed by atoms with Crippen LogP contribution < -0.4 is 5.32 Å². The molecule has 1 aliphatic rings. The predicted octanol–water partition coefficient (Wildman–Crippen LogP) is 3.59. The van der Waals surface area contributed by atoms with Crippen LogP contribution in [0, 0.1) is 18.3 Å². The average Bonchev–Trinajstić information content (AvgIpc) is 2.97. The van der Waals surface area contributed by atoms with Gasteiger partial charge in [-0.3, -0.25) is 0 Å². The van der Waals surface area contributed by atoms with Gasteiger partial charge in [-0.2, -0.15) is 0 Å². The molecule has 1 N–H and O–H groups in total. The van der Waals surface area contributed by atoms with Crippen molar-refractivity contribution in [1.29, 1.82) is 0 Å². The van der Waals surface area contributed by atoms with Gasteiger partial charge in [0, 0.05) is 23.9 Å². The van der Waals surface area contributed by atoms with Crippen LogP contribution >= 0.6 is 11.3 Å². The fraction of sp³-hybridized carbons (Fsp3) is 0.571. The van der Waals surface area contributed by atoms with E-state index in [2.05, 4.69) is 28.8 Å². The highest BCUT2D eigenvalue weighted by Crippen LogP contribution is 2.37. The summed E-state index contributed by atoms with van der Waals surface area (Å²) in [5.41, 5.74) is 0. The number of thiophene rings is 1. The summed E-state index contributed by atoms with van der Waals surface area (Å²) in [6.07, 6.45) is 11.6. The van der Waals surface area contributed by atoms with E-state index in [1.807, 2.05) is 11.3 Å². The molecular formula is C14H19NS. The second kappa shape index (κ2) is 6.08. The van der Waals surface area contributed by atoms with Crippen LogP contribution in [-0.4, -0.2) is 6.54 Å². The normalized spacial score (nSPS) is 18.4. The minimum absolute atomic E-state index is 0.538. The molecule has 1 unspecified atom stereocenters. The topological polar surface area (TPSA) is 12.0 Å². The van der Waals surface area contributed by atoms with Crippen molar-refractivity contribution in [3.05, 3.63) is 22.4 Å². The molecule has 1 atom stereocenters. The van der Waals surface area contributed by atoms with Crippen molar-refractivity contribution in [2.45, 2.75) is 38.1 Å². The van der Waals surface area contributed by atoms with Crippen LogP contribution in [0.4, 0.5) is 0 Å². The van der Waals surface area contributed by atoms with Crippen molar-refractivity contribution in [1.82, 2.24) is 5.32 Å². The number of terminal acetylenes is 1. The van der Waals surface area contributed by atoms with E-state index < -0.39 is 0 Å². The number of rotatable bonds is 5. The summed E-state index contributed by atoms with van der Waals surface area (Å²) < 4.78 is 0. The van der Waals surface area contributed by atoms with Crippen molar-refractivity contribution in [3.8, 4) is 12.3 Å². The lowest BCUT2D eigenvalue weighted by Crippen LogP contribution is -2.27. The van der Waals surface area contributed by atoms with E-state index in [1.165, 1.54) is 30.6 Å².